The summed E-state index contributed by atoms with van der Waals surface area (Å²) in [7, 11) is 0. The molecule has 1 aliphatic rings. The van der Waals surface area contributed by atoms with Gasteiger partial charge in [-0.25, -0.2) is 0 Å². The minimum absolute atomic E-state index is 0.0138. The molecular weight excluding hydrogens is 526 g/mol. The standard InChI is InChI=1S/C40H27NO2/c1-40(2)32-17-9-6-14-25(32)29-21-30-26-15-7-10-18-34(26)41(35(30)22-33(29)40)36-23-38-31(20-28(36)24-12-4-3-5-13-24)39(42)27-16-8-11-19-37(27)43-38/h3-23H,1-2H3. The molecule has 8 aromatic rings. The molecule has 0 bridgehead atoms. The summed E-state index contributed by atoms with van der Waals surface area (Å²) in [6.45, 7) is 4.64. The van der Waals surface area contributed by atoms with Gasteiger partial charge in [0.1, 0.15) is 11.2 Å². The lowest BCUT2D eigenvalue weighted by Gasteiger charge is -2.22. The molecule has 43 heavy (non-hydrogen) atoms. The first-order valence-corrected chi connectivity index (χ1v) is 14.7. The predicted molar refractivity (Wildman–Crippen MR) is 177 cm³/mol. The van der Waals surface area contributed by atoms with Gasteiger partial charge in [-0.3, -0.25) is 4.79 Å². The Morgan fingerprint density at radius 1 is 0.535 bits per heavy atom. The zero-order valence-electron chi connectivity index (χ0n) is 23.9. The van der Waals surface area contributed by atoms with Crippen molar-refractivity contribution in [2.24, 2.45) is 0 Å². The Kier molecular flexibility index (Phi) is 4.82. The molecule has 3 nitrogen and oxygen atoms in total. The van der Waals surface area contributed by atoms with Crippen LogP contribution in [-0.4, -0.2) is 4.57 Å². The zero-order chi connectivity index (χ0) is 28.9. The van der Waals surface area contributed by atoms with Gasteiger partial charge in [0.15, 0.2) is 0 Å². The highest BCUT2D eigenvalue weighted by molar-refractivity contribution is 6.12. The molecule has 0 amide bonds. The molecule has 9 rings (SSSR count). The molecule has 0 saturated heterocycles. The molecule has 0 unspecified atom stereocenters. The van der Waals surface area contributed by atoms with E-state index in [-0.39, 0.29) is 10.8 Å². The van der Waals surface area contributed by atoms with Crippen molar-refractivity contribution in [1.29, 1.82) is 0 Å². The van der Waals surface area contributed by atoms with Crippen LogP contribution in [-0.2, 0) is 5.41 Å². The van der Waals surface area contributed by atoms with E-state index in [9.17, 15) is 4.79 Å². The maximum atomic E-state index is 13.7. The van der Waals surface area contributed by atoms with E-state index >= 15 is 0 Å². The van der Waals surface area contributed by atoms with E-state index in [1.165, 1.54) is 33.0 Å². The number of para-hydroxylation sites is 2. The van der Waals surface area contributed by atoms with E-state index < -0.39 is 0 Å². The largest absolute Gasteiger partial charge is 0.456 e. The molecule has 3 heteroatoms. The zero-order valence-corrected chi connectivity index (χ0v) is 23.9. The number of aromatic nitrogens is 1. The van der Waals surface area contributed by atoms with E-state index in [4.69, 9.17) is 4.42 Å². The topological polar surface area (TPSA) is 35.1 Å². The van der Waals surface area contributed by atoms with Crippen LogP contribution in [0.15, 0.2) is 137 Å². The summed E-state index contributed by atoms with van der Waals surface area (Å²) in [5.41, 5.74) is 11.6. The second-order valence-corrected chi connectivity index (χ2v) is 12.1. The quantitative estimate of drug-likeness (QED) is 0.200. The average molecular weight is 554 g/mol. The van der Waals surface area contributed by atoms with Crippen LogP contribution in [0.25, 0.3) is 71.7 Å². The first kappa shape index (κ1) is 24.2. The van der Waals surface area contributed by atoms with Crippen LogP contribution in [0.2, 0.25) is 0 Å². The van der Waals surface area contributed by atoms with Crippen molar-refractivity contribution < 1.29 is 4.42 Å². The van der Waals surface area contributed by atoms with E-state index in [0.717, 1.165) is 27.8 Å². The Balaban J connectivity index is 1.45. The van der Waals surface area contributed by atoms with Crippen molar-refractivity contribution >= 4 is 43.7 Å². The third kappa shape index (κ3) is 3.28. The molecule has 0 N–H and O–H groups in total. The van der Waals surface area contributed by atoms with Crippen LogP contribution in [0.5, 0.6) is 0 Å². The Bertz CT molecular complexity index is 2500. The van der Waals surface area contributed by atoms with Crippen LogP contribution in [0, 0.1) is 0 Å². The van der Waals surface area contributed by atoms with E-state index in [1.807, 2.05) is 48.5 Å². The van der Waals surface area contributed by atoms with Crippen LogP contribution < -0.4 is 5.43 Å². The summed E-state index contributed by atoms with van der Waals surface area (Å²) in [4.78, 5) is 13.7. The molecule has 1 aliphatic carbocycles. The molecule has 0 saturated carbocycles. The number of hydrogen-bond donors (Lipinski definition) is 0. The molecule has 0 atom stereocenters. The second-order valence-electron chi connectivity index (χ2n) is 12.1. The highest BCUT2D eigenvalue weighted by Crippen LogP contribution is 2.51. The van der Waals surface area contributed by atoms with E-state index in [2.05, 4.69) is 97.3 Å². The molecular formula is C40H27NO2. The van der Waals surface area contributed by atoms with Crippen LogP contribution in [0.3, 0.4) is 0 Å². The Morgan fingerprint density at radius 3 is 2.09 bits per heavy atom. The molecule has 6 aromatic carbocycles. The summed E-state index contributed by atoms with van der Waals surface area (Å²) >= 11 is 0. The van der Waals surface area contributed by atoms with Crippen molar-refractivity contribution in [3.63, 3.8) is 0 Å². The smallest absolute Gasteiger partial charge is 0.200 e. The minimum Gasteiger partial charge on any atom is -0.456 e. The predicted octanol–water partition coefficient (Wildman–Crippen LogP) is 10.0. The highest BCUT2D eigenvalue weighted by Gasteiger charge is 2.36. The summed E-state index contributed by atoms with van der Waals surface area (Å²) in [6.07, 6.45) is 0. The summed E-state index contributed by atoms with van der Waals surface area (Å²) in [5, 5.41) is 3.58. The fourth-order valence-corrected chi connectivity index (χ4v) is 7.29. The van der Waals surface area contributed by atoms with Gasteiger partial charge >= 0.3 is 0 Å². The number of rotatable bonds is 2. The van der Waals surface area contributed by atoms with Crippen molar-refractivity contribution in [2.45, 2.75) is 19.3 Å². The number of benzene rings is 6. The van der Waals surface area contributed by atoms with E-state index in [0.29, 0.717) is 21.9 Å². The lowest BCUT2D eigenvalue weighted by atomic mass is 9.82. The highest BCUT2D eigenvalue weighted by atomic mass is 16.3. The lowest BCUT2D eigenvalue weighted by Crippen LogP contribution is -2.15. The molecule has 0 spiro atoms. The normalized spacial score (nSPS) is 13.6. The summed E-state index contributed by atoms with van der Waals surface area (Å²) in [5.74, 6) is 0. The fraction of sp³-hybridized carbons (Fsp3) is 0.0750. The molecule has 204 valence electrons. The minimum atomic E-state index is -0.126. The van der Waals surface area contributed by atoms with Gasteiger partial charge in [0.25, 0.3) is 0 Å². The van der Waals surface area contributed by atoms with Gasteiger partial charge in [0.05, 0.1) is 27.5 Å². The Labute approximate surface area is 248 Å². The molecule has 0 radical (unpaired) electrons. The molecule has 2 aromatic heterocycles. The second kappa shape index (κ2) is 8.56. The Hall–Kier alpha value is -5.41. The van der Waals surface area contributed by atoms with Gasteiger partial charge in [0, 0.05) is 27.8 Å². The maximum Gasteiger partial charge on any atom is 0.200 e. The summed E-state index contributed by atoms with van der Waals surface area (Å²) in [6, 6.07) is 44.1. The van der Waals surface area contributed by atoms with Crippen molar-refractivity contribution in [2.75, 3.05) is 0 Å². The van der Waals surface area contributed by atoms with E-state index in [1.54, 1.807) is 0 Å². The van der Waals surface area contributed by atoms with Crippen LogP contribution >= 0.6 is 0 Å². The monoisotopic (exact) mass is 553 g/mol. The molecule has 0 aliphatic heterocycles. The van der Waals surface area contributed by atoms with Gasteiger partial charge in [-0.1, -0.05) is 98.8 Å². The van der Waals surface area contributed by atoms with Crippen LogP contribution in [0.1, 0.15) is 25.0 Å². The van der Waals surface area contributed by atoms with Gasteiger partial charge < -0.3 is 8.98 Å². The van der Waals surface area contributed by atoms with Crippen molar-refractivity contribution in [3.05, 3.63) is 149 Å². The summed E-state index contributed by atoms with van der Waals surface area (Å²) < 4.78 is 8.78. The number of hydrogen-bond acceptors (Lipinski definition) is 2. The fourth-order valence-electron chi connectivity index (χ4n) is 7.29. The van der Waals surface area contributed by atoms with Gasteiger partial charge in [-0.05, 0) is 64.2 Å². The van der Waals surface area contributed by atoms with Gasteiger partial charge in [-0.2, -0.15) is 0 Å². The SMILES string of the molecule is CC1(C)c2ccccc2-c2cc3c4ccccc4n(-c4cc5oc6ccccc6c(=O)c5cc4-c4ccccc4)c3cc21. The maximum absolute atomic E-state index is 13.7. The lowest BCUT2D eigenvalue weighted by molar-refractivity contribution is 0.659. The first-order chi connectivity index (χ1) is 21.0. The molecule has 2 heterocycles. The molecule has 0 fully saturated rings. The third-order valence-electron chi connectivity index (χ3n) is 9.40. The number of nitrogens with zero attached hydrogens (tertiary/aromatic N) is 1. The first-order valence-electron chi connectivity index (χ1n) is 14.7. The Morgan fingerprint density at radius 2 is 1.23 bits per heavy atom. The van der Waals surface area contributed by atoms with Crippen LogP contribution in [0.4, 0.5) is 0 Å². The van der Waals surface area contributed by atoms with Crippen molar-refractivity contribution in [3.8, 4) is 27.9 Å². The number of fused-ring (bicyclic) bond motifs is 8. The van der Waals surface area contributed by atoms with Gasteiger partial charge in [-0.15, -0.1) is 0 Å². The third-order valence-corrected chi connectivity index (χ3v) is 9.40. The van der Waals surface area contributed by atoms with Crippen molar-refractivity contribution in [1.82, 2.24) is 4.57 Å². The van der Waals surface area contributed by atoms with Gasteiger partial charge in [0.2, 0.25) is 5.43 Å². The average Bonchev–Trinajstić information content (AvgIpc) is 3.48.